The van der Waals surface area contributed by atoms with Crippen molar-refractivity contribution in [1.29, 1.82) is 0 Å². The summed E-state index contributed by atoms with van der Waals surface area (Å²) in [5.74, 6) is 0. The molecule has 0 spiro atoms. The molecule has 0 bridgehead atoms. The molecule has 0 saturated carbocycles. The van der Waals surface area contributed by atoms with Crippen molar-refractivity contribution in [2.45, 2.75) is 6.92 Å². The van der Waals surface area contributed by atoms with Crippen molar-refractivity contribution in [3.8, 4) is 0 Å². The molecule has 0 aliphatic carbocycles. The number of anilines is 3. The van der Waals surface area contributed by atoms with Crippen LogP contribution < -0.4 is 16.0 Å². The van der Waals surface area contributed by atoms with Gasteiger partial charge in [0.2, 0.25) is 0 Å². The Bertz CT molecular complexity index is 647. The number of carbonyl (C=O) groups is 1. The predicted molar refractivity (Wildman–Crippen MR) is 93.4 cm³/mol. The van der Waals surface area contributed by atoms with E-state index in [1.165, 1.54) is 0 Å². The second kappa shape index (κ2) is 7.99. The minimum absolute atomic E-state index is 0.328. The van der Waals surface area contributed by atoms with E-state index < -0.39 is 6.09 Å². The summed E-state index contributed by atoms with van der Waals surface area (Å²) in [5, 5.41) is 9.26. The Kier molecular flexibility index (Phi) is 5.73. The van der Waals surface area contributed by atoms with Crippen molar-refractivity contribution >= 4 is 40.5 Å². The van der Waals surface area contributed by atoms with E-state index in [4.69, 9.17) is 17.0 Å². The molecule has 0 aromatic heterocycles. The van der Waals surface area contributed by atoms with Gasteiger partial charge in [0.25, 0.3) is 0 Å². The fraction of sp³-hybridized carbons (Fsp3) is 0.125. The van der Waals surface area contributed by atoms with Crippen LogP contribution in [0.4, 0.5) is 21.9 Å². The van der Waals surface area contributed by atoms with E-state index in [2.05, 4.69) is 16.0 Å². The van der Waals surface area contributed by atoms with Crippen molar-refractivity contribution in [2.75, 3.05) is 22.6 Å². The van der Waals surface area contributed by atoms with E-state index in [9.17, 15) is 4.79 Å². The molecule has 0 atom stereocenters. The summed E-state index contributed by atoms with van der Waals surface area (Å²) in [7, 11) is 0. The van der Waals surface area contributed by atoms with E-state index in [0.717, 1.165) is 11.4 Å². The van der Waals surface area contributed by atoms with Gasteiger partial charge in [0, 0.05) is 17.1 Å². The Hall–Kier alpha value is -2.60. The lowest BCUT2D eigenvalue weighted by atomic mass is 10.3. The SMILES string of the molecule is CCOC(=O)Nc1cccc(NC(=S)Nc2ccccc2)c1. The first-order valence-corrected chi connectivity index (χ1v) is 7.25. The van der Waals surface area contributed by atoms with Gasteiger partial charge in [0.1, 0.15) is 0 Å². The molecule has 0 saturated heterocycles. The van der Waals surface area contributed by atoms with Crippen LogP contribution in [0.5, 0.6) is 0 Å². The van der Waals surface area contributed by atoms with Crippen molar-refractivity contribution in [1.82, 2.24) is 0 Å². The Labute approximate surface area is 134 Å². The van der Waals surface area contributed by atoms with Gasteiger partial charge in [-0.1, -0.05) is 24.3 Å². The quantitative estimate of drug-likeness (QED) is 0.743. The third-order valence-electron chi connectivity index (χ3n) is 2.67. The third-order valence-corrected chi connectivity index (χ3v) is 2.88. The number of hydrogen-bond acceptors (Lipinski definition) is 3. The van der Waals surface area contributed by atoms with Crippen molar-refractivity contribution in [3.05, 3.63) is 54.6 Å². The second-order valence-electron chi connectivity index (χ2n) is 4.37. The molecule has 3 N–H and O–H groups in total. The first-order valence-electron chi connectivity index (χ1n) is 6.84. The summed E-state index contributed by atoms with van der Waals surface area (Å²) in [6, 6.07) is 16.9. The average molecular weight is 315 g/mol. The number of amides is 1. The average Bonchev–Trinajstić information content (AvgIpc) is 2.48. The van der Waals surface area contributed by atoms with Gasteiger partial charge in [-0.25, -0.2) is 4.79 Å². The minimum Gasteiger partial charge on any atom is -0.450 e. The third kappa shape index (κ3) is 5.06. The molecule has 5 nitrogen and oxygen atoms in total. The molecule has 22 heavy (non-hydrogen) atoms. The molecule has 2 aromatic carbocycles. The Morgan fingerprint density at radius 2 is 1.55 bits per heavy atom. The van der Waals surface area contributed by atoms with Gasteiger partial charge in [-0.2, -0.15) is 0 Å². The topological polar surface area (TPSA) is 62.4 Å². The molecule has 0 heterocycles. The van der Waals surface area contributed by atoms with Gasteiger partial charge in [-0.05, 0) is 49.5 Å². The lowest BCUT2D eigenvalue weighted by Gasteiger charge is -2.12. The zero-order valence-electron chi connectivity index (χ0n) is 12.1. The highest BCUT2D eigenvalue weighted by Crippen LogP contribution is 2.16. The number of thiocarbonyl (C=S) groups is 1. The van der Waals surface area contributed by atoms with E-state index in [-0.39, 0.29) is 0 Å². The zero-order chi connectivity index (χ0) is 15.8. The highest BCUT2D eigenvalue weighted by Gasteiger charge is 2.03. The molecular formula is C16H17N3O2S. The van der Waals surface area contributed by atoms with Crippen LogP contribution in [0.1, 0.15) is 6.92 Å². The summed E-state index contributed by atoms with van der Waals surface area (Å²) in [4.78, 5) is 11.4. The molecule has 0 aliphatic heterocycles. The fourth-order valence-corrected chi connectivity index (χ4v) is 2.01. The molecule has 1 amide bonds. The summed E-state index contributed by atoms with van der Waals surface area (Å²) < 4.78 is 4.84. The van der Waals surface area contributed by atoms with Gasteiger partial charge >= 0.3 is 6.09 Å². The minimum atomic E-state index is -0.482. The lowest BCUT2D eigenvalue weighted by Crippen LogP contribution is -2.19. The Balaban J connectivity index is 1.95. The number of benzene rings is 2. The van der Waals surface area contributed by atoms with Crippen molar-refractivity contribution in [2.24, 2.45) is 0 Å². The van der Waals surface area contributed by atoms with Gasteiger partial charge in [0.15, 0.2) is 5.11 Å². The molecule has 6 heteroatoms. The Morgan fingerprint density at radius 1 is 0.955 bits per heavy atom. The first-order chi connectivity index (χ1) is 10.7. The van der Waals surface area contributed by atoms with Crippen LogP contribution in [0, 0.1) is 0 Å². The maximum atomic E-state index is 11.4. The molecule has 0 fully saturated rings. The van der Waals surface area contributed by atoms with Gasteiger partial charge in [0.05, 0.1) is 6.61 Å². The van der Waals surface area contributed by atoms with Gasteiger partial charge < -0.3 is 15.4 Å². The summed E-state index contributed by atoms with van der Waals surface area (Å²) in [6.07, 6.45) is -0.482. The number of carbonyl (C=O) groups excluding carboxylic acids is 1. The van der Waals surface area contributed by atoms with Crippen LogP contribution in [-0.4, -0.2) is 17.8 Å². The zero-order valence-corrected chi connectivity index (χ0v) is 12.9. The van der Waals surface area contributed by atoms with Crippen LogP contribution in [0.2, 0.25) is 0 Å². The first kappa shape index (κ1) is 15.8. The summed E-state index contributed by atoms with van der Waals surface area (Å²) in [6.45, 7) is 2.08. The normalized spacial score (nSPS) is 9.68. The van der Waals surface area contributed by atoms with Crippen LogP contribution in [0.15, 0.2) is 54.6 Å². The number of rotatable bonds is 4. The van der Waals surface area contributed by atoms with E-state index in [0.29, 0.717) is 17.4 Å². The highest BCUT2D eigenvalue weighted by molar-refractivity contribution is 7.80. The monoisotopic (exact) mass is 315 g/mol. The summed E-state index contributed by atoms with van der Waals surface area (Å²) >= 11 is 5.26. The highest BCUT2D eigenvalue weighted by atomic mass is 32.1. The fourth-order valence-electron chi connectivity index (χ4n) is 1.77. The summed E-state index contributed by atoms with van der Waals surface area (Å²) in [5.41, 5.74) is 2.30. The van der Waals surface area contributed by atoms with Crippen LogP contribution in [0.3, 0.4) is 0 Å². The number of nitrogens with one attached hydrogen (secondary N) is 3. The lowest BCUT2D eigenvalue weighted by molar-refractivity contribution is 0.168. The van der Waals surface area contributed by atoms with E-state index in [1.807, 2.05) is 42.5 Å². The number of para-hydroxylation sites is 1. The number of ether oxygens (including phenoxy) is 1. The molecule has 0 unspecified atom stereocenters. The second-order valence-corrected chi connectivity index (χ2v) is 4.78. The molecule has 114 valence electrons. The van der Waals surface area contributed by atoms with E-state index in [1.54, 1.807) is 19.1 Å². The maximum absolute atomic E-state index is 11.4. The molecule has 2 aromatic rings. The van der Waals surface area contributed by atoms with Gasteiger partial charge in [-0.3, -0.25) is 5.32 Å². The Morgan fingerprint density at radius 3 is 2.23 bits per heavy atom. The van der Waals surface area contributed by atoms with Crippen molar-refractivity contribution < 1.29 is 9.53 Å². The smallest absolute Gasteiger partial charge is 0.411 e. The van der Waals surface area contributed by atoms with Crippen LogP contribution >= 0.6 is 12.2 Å². The predicted octanol–water partition coefficient (Wildman–Crippen LogP) is 4.06. The molecule has 0 radical (unpaired) electrons. The van der Waals surface area contributed by atoms with Crippen LogP contribution in [0.25, 0.3) is 0 Å². The van der Waals surface area contributed by atoms with Crippen LogP contribution in [-0.2, 0) is 4.74 Å². The van der Waals surface area contributed by atoms with E-state index >= 15 is 0 Å². The molecular weight excluding hydrogens is 298 g/mol. The molecule has 2 rings (SSSR count). The maximum Gasteiger partial charge on any atom is 0.411 e. The van der Waals surface area contributed by atoms with Crippen molar-refractivity contribution in [3.63, 3.8) is 0 Å². The molecule has 0 aliphatic rings. The van der Waals surface area contributed by atoms with Gasteiger partial charge in [-0.15, -0.1) is 0 Å². The largest absolute Gasteiger partial charge is 0.450 e. The standard InChI is InChI=1S/C16H17N3O2S/c1-2-21-16(20)19-14-10-6-9-13(11-14)18-15(22)17-12-7-4-3-5-8-12/h3-11H,2H2,1H3,(H,19,20)(H2,17,18,22). The number of hydrogen-bond donors (Lipinski definition) is 3.